The lowest BCUT2D eigenvalue weighted by atomic mass is 9.81. The Morgan fingerprint density at radius 2 is 1.03 bits per heavy atom. The first-order chi connectivity index (χ1) is 13.4. The van der Waals surface area contributed by atoms with Crippen LogP contribution in [0.15, 0.2) is 24.3 Å². The number of nitriles is 2. The molecule has 0 aromatic heterocycles. The molecule has 0 heterocycles. The van der Waals surface area contributed by atoms with Crippen molar-refractivity contribution in [2.45, 2.75) is 72.6 Å². The first-order valence-electron chi connectivity index (χ1n) is 9.78. The normalized spacial score (nSPS) is 11.5. The number of nitrogens with zero attached hydrogens (tertiary/aromatic N) is 2. The van der Waals surface area contributed by atoms with Crippen molar-refractivity contribution >= 4 is 0 Å². The molecule has 0 aliphatic carbocycles. The zero-order valence-corrected chi connectivity index (χ0v) is 18.7. The van der Waals surface area contributed by atoms with Gasteiger partial charge in [0.05, 0.1) is 0 Å². The predicted molar refractivity (Wildman–Crippen MR) is 115 cm³/mol. The van der Waals surface area contributed by atoms with Crippen LogP contribution in [0.3, 0.4) is 0 Å². The summed E-state index contributed by atoms with van der Waals surface area (Å²) in [4.78, 5) is 0. The van der Waals surface area contributed by atoms with Crippen LogP contribution >= 0.6 is 0 Å². The third kappa shape index (κ3) is 5.09. The van der Waals surface area contributed by atoms with Crippen LogP contribution < -0.4 is 9.47 Å². The lowest BCUT2D eigenvalue weighted by molar-refractivity contribution is 0.463. The predicted octanol–water partition coefficient (Wildman–Crippen LogP) is 6.21. The molecule has 0 aliphatic heterocycles. The number of hydrogen-bond donors (Lipinski definition) is 0. The molecule has 4 nitrogen and oxygen atoms in total. The van der Waals surface area contributed by atoms with Gasteiger partial charge in [0.15, 0.2) is 0 Å². The van der Waals surface area contributed by atoms with Gasteiger partial charge in [-0.25, -0.2) is 0 Å². The molecule has 2 aromatic carbocycles. The summed E-state index contributed by atoms with van der Waals surface area (Å²) in [7, 11) is 0. The van der Waals surface area contributed by atoms with Gasteiger partial charge in [-0.3, -0.25) is 0 Å². The van der Waals surface area contributed by atoms with Crippen LogP contribution in [0, 0.1) is 36.9 Å². The number of benzene rings is 2. The van der Waals surface area contributed by atoms with Gasteiger partial charge in [-0.05, 0) is 24.7 Å². The summed E-state index contributed by atoms with van der Waals surface area (Å²) in [5.41, 5.74) is 5.63. The number of rotatable bonds is 4. The molecule has 2 aromatic rings. The SMILES string of the molecule is Cc1cc(Cc2cc(C)cc(C(C)(C)C)c2OC#N)c(OC#N)c(C(C)(C)C)c1. The Balaban J connectivity index is 2.75. The fraction of sp³-hybridized carbons (Fsp3) is 0.440. The second-order valence-corrected chi connectivity index (χ2v) is 9.66. The highest BCUT2D eigenvalue weighted by atomic mass is 16.5. The topological polar surface area (TPSA) is 66.0 Å². The van der Waals surface area contributed by atoms with E-state index in [-0.39, 0.29) is 10.8 Å². The van der Waals surface area contributed by atoms with Crippen LogP contribution in [0.5, 0.6) is 11.5 Å². The molecule has 152 valence electrons. The summed E-state index contributed by atoms with van der Waals surface area (Å²) in [5, 5.41) is 18.5. The van der Waals surface area contributed by atoms with Crippen molar-refractivity contribution in [3.8, 4) is 24.0 Å². The lowest BCUT2D eigenvalue weighted by Crippen LogP contribution is -2.16. The molecule has 29 heavy (non-hydrogen) atoms. The summed E-state index contributed by atoms with van der Waals surface area (Å²) in [5.74, 6) is 1.18. The molecular weight excluding hydrogens is 360 g/mol. The lowest BCUT2D eigenvalue weighted by Gasteiger charge is -2.26. The molecule has 0 bridgehead atoms. The van der Waals surface area contributed by atoms with Crippen LogP contribution in [0.4, 0.5) is 0 Å². The second-order valence-electron chi connectivity index (χ2n) is 9.66. The molecule has 0 spiro atoms. The van der Waals surface area contributed by atoms with Gasteiger partial charge in [-0.1, -0.05) is 76.9 Å². The van der Waals surface area contributed by atoms with Crippen molar-refractivity contribution < 1.29 is 9.47 Å². The van der Waals surface area contributed by atoms with Gasteiger partial charge in [0.1, 0.15) is 11.5 Å². The molecule has 0 unspecified atom stereocenters. The molecule has 2 rings (SSSR count). The van der Waals surface area contributed by atoms with Gasteiger partial charge in [0.2, 0.25) is 0 Å². The van der Waals surface area contributed by atoms with E-state index < -0.39 is 0 Å². The third-order valence-corrected chi connectivity index (χ3v) is 4.91. The number of ether oxygens (including phenoxy) is 2. The molecule has 0 fully saturated rings. The van der Waals surface area contributed by atoms with Gasteiger partial charge in [0.25, 0.3) is 12.5 Å². The minimum absolute atomic E-state index is 0.178. The highest BCUT2D eigenvalue weighted by molar-refractivity contribution is 5.54. The fourth-order valence-corrected chi connectivity index (χ4v) is 3.61. The van der Waals surface area contributed by atoms with E-state index in [0.29, 0.717) is 17.9 Å². The zero-order chi connectivity index (χ0) is 22.0. The number of hydrogen-bond acceptors (Lipinski definition) is 4. The smallest absolute Gasteiger partial charge is 0.292 e. The van der Waals surface area contributed by atoms with Gasteiger partial charge < -0.3 is 9.47 Å². The van der Waals surface area contributed by atoms with Crippen molar-refractivity contribution in [2.75, 3.05) is 0 Å². The van der Waals surface area contributed by atoms with E-state index in [1.807, 2.05) is 38.5 Å². The van der Waals surface area contributed by atoms with Crippen LogP contribution in [-0.4, -0.2) is 0 Å². The summed E-state index contributed by atoms with van der Waals surface area (Å²) >= 11 is 0. The molecule has 0 saturated carbocycles. The third-order valence-electron chi connectivity index (χ3n) is 4.91. The highest BCUT2D eigenvalue weighted by Gasteiger charge is 2.26. The highest BCUT2D eigenvalue weighted by Crippen LogP contribution is 2.40. The van der Waals surface area contributed by atoms with E-state index in [2.05, 4.69) is 53.7 Å². The quantitative estimate of drug-likeness (QED) is 0.582. The Morgan fingerprint density at radius 1 is 0.690 bits per heavy atom. The molecule has 0 atom stereocenters. The second kappa shape index (κ2) is 8.18. The maximum Gasteiger partial charge on any atom is 0.292 e. The molecular formula is C25H30N2O2. The molecule has 0 amide bonds. The number of aryl methyl sites for hydroxylation is 2. The van der Waals surface area contributed by atoms with Crippen molar-refractivity contribution in [1.29, 1.82) is 10.5 Å². The minimum Gasteiger partial charge on any atom is -0.387 e. The average Bonchev–Trinajstić information content (AvgIpc) is 2.57. The summed E-state index contributed by atoms with van der Waals surface area (Å²) in [6.07, 6.45) is 4.19. The molecule has 4 heteroatoms. The Kier molecular flexibility index (Phi) is 6.29. The van der Waals surface area contributed by atoms with Gasteiger partial charge in [0, 0.05) is 28.7 Å². The minimum atomic E-state index is -0.178. The average molecular weight is 391 g/mol. The Bertz CT molecular complexity index is 912. The van der Waals surface area contributed by atoms with Crippen molar-refractivity contribution in [3.05, 3.63) is 57.6 Å². The van der Waals surface area contributed by atoms with E-state index in [9.17, 15) is 10.5 Å². The Labute approximate surface area is 174 Å². The molecule has 0 aliphatic rings. The van der Waals surface area contributed by atoms with E-state index in [0.717, 1.165) is 33.4 Å². The Hall–Kier alpha value is -2.98. The van der Waals surface area contributed by atoms with Crippen molar-refractivity contribution in [2.24, 2.45) is 0 Å². The van der Waals surface area contributed by atoms with Crippen molar-refractivity contribution in [3.63, 3.8) is 0 Å². The first kappa shape index (κ1) is 22.3. The van der Waals surface area contributed by atoms with Gasteiger partial charge in [-0.15, -0.1) is 10.5 Å². The molecule has 0 saturated heterocycles. The van der Waals surface area contributed by atoms with Crippen LogP contribution in [0.1, 0.15) is 74.9 Å². The maximum atomic E-state index is 9.26. The molecule has 0 radical (unpaired) electrons. The largest absolute Gasteiger partial charge is 0.387 e. The molecule has 0 N–H and O–H groups in total. The van der Waals surface area contributed by atoms with E-state index in [4.69, 9.17) is 9.47 Å². The summed E-state index contributed by atoms with van der Waals surface area (Å²) in [6.45, 7) is 16.7. The van der Waals surface area contributed by atoms with E-state index in [1.165, 1.54) is 0 Å². The van der Waals surface area contributed by atoms with Crippen LogP contribution in [0.2, 0.25) is 0 Å². The van der Waals surface area contributed by atoms with Gasteiger partial charge in [-0.2, -0.15) is 0 Å². The van der Waals surface area contributed by atoms with E-state index in [1.54, 1.807) is 0 Å². The monoisotopic (exact) mass is 390 g/mol. The fourth-order valence-electron chi connectivity index (χ4n) is 3.61. The van der Waals surface area contributed by atoms with Crippen LogP contribution in [0.25, 0.3) is 0 Å². The van der Waals surface area contributed by atoms with Crippen LogP contribution in [-0.2, 0) is 17.3 Å². The zero-order valence-electron chi connectivity index (χ0n) is 18.7. The maximum absolute atomic E-state index is 9.26. The Morgan fingerprint density at radius 3 is 1.31 bits per heavy atom. The summed E-state index contributed by atoms with van der Waals surface area (Å²) < 4.78 is 10.9. The standard InChI is InChI=1S/C25H30N2O2/c1-16-9-18(22(28-14-26)20(11-16)24(3,4)5)13-19-10-17(2)12-21(25(6,7)8)23(19)29-15-27/h9-12H,13H2,1-8H3. The van der Waals surface area contributed by atoms with Gasteiger partial charge >= 0.3 is 0 Å². The summed E-state index contributed by atoms with van der Waals surface area (Å²) in [6, 6.07) is 8.22. The van der Waals surface area contributed by atoms with Crippen molar-refractivity contribution in [1.82, 2.24) is 0 Å². The van der Waals surface area contributed by atoms with E-state index >= 15 is 0 Å². The first-order valence-corrected chi connectivity index (χ1v) is 9.78.